The normalized spacial score (nSPS) is 14.0. The molecular formula is C16H24INO3. The Kier molecular flexibility index (Phi) is 6.93. The molecule has 0 bridgehead atoms. The summed E-state index contributed by atoms with van der Waals surface area (Å²) in [6, 6.07) is 7.12. The molecule has 0 saturated heterocycles. The van der Waals surface area contributed by atoms with Gasteiger partial charge >= 0.3 is 6.09 Å². The molecule has 0 aromatic heterocycles. The molecule has 2 N–H and O–H groups in total. The fraction of sp³-hybridized carbons (Fsp3) is 0.562. The number of aliphatic hydroxyl groups is 1. The molecule has 0 aliphatic heterocycles. The zero-order valence-electron chi connectivity index (χ0n) is 12.8. The van der Waals surface area contributed by atoms with Gasteiger partial charge in [0.25, 0.3) is 0 Å². The quantitative estimate of drug-likeness (QED) is 0.402. The summed E-state index contributed by atoms with van der Waals surface area (Å²) in [5.74, 6) is 0. The van der Waals surface area contributed by atoms with Crippen LogP contribution in [-0.2, 0) is 5.72 Å². The predicted molar refractivity (Wildman–Crippen MR) is 92.2 cm³/mol. The Morgan fingerprint density at radius 1 is 1.33 bits per heavy atom. The number of rotatable bonds is 7. The van der Waals surface area contributed by atoms with Crippen LogP contribution in [0.4, 0.5) is 4.79 Å². The number of amides is 1. The molecule has 1 aromatic rings. The molecule has 1 atom stereocenters. The monoisotopic (exact) mass is 405 g/mol. The Morgan fingerprint density at radius 3 is 2.43 bits per heavy atom. The van der Waals surface area contributed by atoms with Crippen LogP contribution in [0.1, 0.15) is 52.0 Å². The van der Waals surface area contributed by atoms with Crippen LogP contribution in [-0.4, -0.2) is 27.2 Å². The first-order valence-corrected chi connectivity index (χ1v) is 8.42. The highest BCUT2D eigenvalue weighted by Crippen LogP contribution is 2.35. The molecule has 1 aromatic carbocycles. The maximum absolute atomic E-state index is 11.7. The summed E-state index contributed by atoms with van der Waals surface area (Å²) < 4.78 is 0.876. The first-order valence-electron chi connectivity index (χ1n) is 7.34. The molecule has 4 nitrogen and oxygen atoms in total. The fourth-order valence-corrected chi connectivity index (χ4v) is 3.42. The summed E-state index contributed by atoms with van der Waals surface area (Å²) in [5.41, 5.74) is -0.815. The topological polar surface area (TPSA) is 60.8 Å². The van der Waals surface area contributed by atoms with E-state index in [0.29, 0.717) is 12.0 Å². The van der Waals surface area contributed by atoms with Gasteiger partial charge in [-0.15, -0.1) is 0 Å². The molecule has 1 amide bonds. The highest BCUT2D eigenvalue weighted by molar-refractivity contribution is 14.1. The van der Waals surface area contributed by atoms with Crippen molar-refractivity contribution in [2.45, 2.75) is 58.2 Å². The Hall–Kier alpha value is -0.820. The smallest absolute Gasteiger partial charge is 0.410 e. The Balaban J connectivity index is 3.28. The van der Waals surface area contributed by atoms with E-state index >= 15 is 0 Å². The number of carboxylic acid groups (broad SMARTS) is 1. The van der Waals surface area contributed by atoms with Crippen molar-refractivity contribution in [3.63, 3.8) is 0 Å². The van der Waals surface area contributed by atoms with Gasteiger partial charge < -0.3 is 10.2 Å². The van der Waals surface area contributed by atoms with Crippen molar-refractivity contribution in [3.05, 3.63) is 33.4 Å². The molecule has 21 heavy (non-hydrogen) atoms. The third-order valence-electron chi connectivity index (χ3n) is 3.56. The lowest BCUT2D eigenvalue weighted by molar-refractivity contribution is -0.119. The lowest BCUT2D eigenvalue weighted by atomic mass is 9.93. The molecule has 1 rings (SSSR count). The van der Waals surface area contributed by atoms with Crippen LogP contribution >= 0.6 is 22.6 Å². The van der Waals surface area contributed by atoms with E-state index in [2.05, 4.69) is 29.5 Å². The zero-order valence-corrected chi connectivity index (χ0v) is 15.0. The molecule has 0 saturated carbocycles. The van der Waals surface area contributed by atoms with Crippen LogP contribution in [0.2, 0.25) is 0 Å². The fourth-order valence-electron chi connectivity index (χ4n) is 2.60. The van der Waals surface area contributed by atoms with Gasteiger partial charge in [-0.05, 0) is 55.3 Å². The predicted octanol–water partition coefficient (Wildman–Crippen LogP) is 4.41. The van der Waals surface area contributed by atoms with Crippen LogP contribution in [0.25, 0.3) is 0 Å². The molecule has 5 heteroatoms. The minimum absolute atomic E-state index is 0.301. The highest BCUT2D eigenvalue weighted by Gasteiger charge is 2.41. The van der Waals surface area contributed by atoms with E-state index in [1.165, 1.54) is 4.90 Å². The second-order valence-electron chi connectivity index (χ2n) is 5.50. The van der Waals surface area contributed by atoms with Crippen molar-refractivity contribution in [1.29, 1.82) is 0 Å². The second kappa shape index (κ2) is 7.98. The minimum Gasteiger partial charge on any atom is -0.465 e. The molecule has 118 valence electrons. The second-order valence-corrected chi connectivity index (χ2v) is 6.66. The van der Waals surface area contributed by atoms with Crippen molar-refractivity contribution in [1.82, 2.24) is 4.90 Å². The van der Waals surface area contributed by atoms with Gasteiger partial charge in [0.1, 0.15) is 0 Å². The lowest BCUT2D eigenvalue weighted by Gasteiger charge is -2.41. The van der Waals surface area contributed by atoms with E-state index < -0.39 is 11.8 Å². The van der Waals surface area contributed by atoms with Gasteiger partial charge in [0.15, 0.2) is 5.72 Å². The third kappa shape index (κ3) is 4.32. The van der Waals surface area contributed by atoms with E-state index in [4.69, 9.17) is 0 Å². The first kappa shape index (κ1) is 18.2. The van der Waals surface area contributed by atoms with Crippen LogP contribution in [0, 0.1) is 3.57 Å². The first-order chi connectivity index (χ1) is 9.84. The summed E-state index contributed by atoms with van der Waals surface area (Å²) in [6.45, 7) is 5.66. The van der Waals surface area contributed by atoms with Crippen molar-refractivity contribution in [2.24, 2.45) is 0 Å². The molecule has 0 spiro atoms. The number of carbonyl (C=O) groups is 1. The van der Waals surface area contributed by atoms with Gasteiger partial charge in [0.2, 0.25) is 0 Å². The zero-order chi connectivity index (χ0) is 16.0. The van der Waals surface area contributed by atoms with Gasteiger partial charge in [-0.25, -0.2) is 4.79 Å². The maximum Gasteiger partial charge on any atom is 0.410 e. The molecule has 0 radical (unpaired) electrons. The largest absolute Gasteiger partial charge is 0.465 e. The highest BCUT2D eigenvalue weighted by atomic mass is 127. The van der Waals surface area contributed by atoms with E-state index in [-0.39, 0.29) is 6.04 Å². The van der Waals surface area contributed by atoms with Gasteiger partial charge in [0.05, 0.1) is 0 Å². The summed E-state index contributed by atoms with van der Waals surface area (Å²) in [5, 5.41) is 20.8. The van der Waals surface area contributed by atoms with Crippen LogP contribution in [0.5, 0.6) is 0 Å². The molecule has 0 aliphatic carbocycles. The average molecular weight is 405 g/mol. The number of hydrogen-bond acceptors (Lipinski definition) is 2. The summed E-state index contributed by atoms with van der Waals surface area (Å²) >= 11 is 2.15. The maximum atomic E-state index is 11.7. The Bertz CT molecular complexity index is 478. The van der Waals surface area contributed by atoms with Crippen molar-refractivity contribution >= 4 is 28.7 Å². The van der Waals surface area contributed by atoms with Crippen LogP contribution < -0.4 is 0 Å². The molecule has 0 unspecified atom stereocenters. The lowest BCUT2D eigenvalue weighted by Crippen LogP contribution is -2.52. The molecule has 0 fully saturated rings. The summed E-state index contributed by atoms with van der Waals surface area (Å²) in [6.07, 6.45) is 2.09. The van der Waals surface area contributed by atoms with Gasteiger partial charge in [-0.1, -0.05) is 38.0 Å². The van der Waals surface area contributed by atoms with E-state index in [9.17, 15) is 15.0 Å². The van der Waals surface area contributed by atoms with E-state index in [1.807, 2.05) is 24.3 Å². The van der Waals surface area contributed by atoms with Crippen LogP contribution in [0.15, 0.2) is 24.3 Å². The minimum atomic E-state index is -1.48. The van der Waals surface area contributed by atoms with Crippen molar-refractivity contribution in [3.8, 4) is 0 Å². The van der Waals surface area contributed by atoms with Gasteiger partial charge in [-0.2, -0.15) is 0 Å². The number of benzene rings is 1. The average Bonchev–Trinajstić information content (AvgIpc) is 2.38. The van der Waals surface area contributed by atoms with Crippen molar-refractivity contribution < 1.29 is 15.0 Å². The Morgan fingerprint density at radius 2 is 1.95 bits per heavy atom. The number of halogens is 1. The van der Waals surface area contributed by atoms with Gasteiger partial charge in [0, 0.05) is 15.2 Å². The standard InChI is InChI=1S/C16H24INO3/c1-4-5-8-11-16(21,18(12(2)3)15(19)20)13-9-6-7-10-14(13)17/h6-7,9-10,12,21H,4-5,8,11H2,1-3H3,(H,19,20)/t16-/m1/s1. The van der Waals surface area contributed by atoms with Crippen molar-refractivity contribution in [2.75, 3.05) is 0 Å². The van der Waals surface area contributed by atoms with Gasteiger partial charge in [-0.3, -0.25) is 4.90 Å². The number of hydrogen-bond donors (Lipinski definition) is 2. The van der Waals surface area contributed by atoms with Crippen LogP contribution in [0.3, 0.4) is 0 Å². The third-order valence-corrected chi connectivity index (χ3v) is 4.50. The number of unbranched alkanes of at least 4 members (excludes halogenated alkanes) is 2. The Labute approximate surface area is 140 Å². The SMILES string of the molecule is CCCCC[C@@](O)(c1ccccc1I)N(C(=O)O)C(C)C. The van der Waals surface area contributed by atoms with E-state index in [0.717, 1.165) is 22.8 Å². The molecule has 0 aliphatic rings. The molecular weight excluding hydrogens is 381 g/mol. The summed E-state index contributed by atoms with van der Waals surface area (Å²) in [4.78, 5) is 12.8. The molecule has 0 heterocycles. The summed E-state index contributed by atoms with van der Waals surface area (Å²) in [7, 11) is 0. The van der Waals surface area contributed by atoms with E-state index in [1.54, 1.807) is 13.8 Å². The number of nitrogens with zero attached hydrogens (tertiary/aromatic N) is 1.